The summed E-state index contributed by atoms with van der Waals surface area (Å²) in [4.78, 5) is 39.0. The number of barbiturate groups is 1. The van der Waals surface area contributed by atoms with Gasteiger partial charge in [0.1, 0.15) is 17.9 Å². The fourth-order valence-corrected chi connectivity index (χ4v) is 4.12. The van der Waals surface area contributed by atoms with E-state index in [1.54, 1.807) is 6.08 Å². The predicted octanol–water partition coefficient (Wildman–Crippen LogP) is 4.76. The molecule has 1 aliphatic rings. The number of benzene rings is 2. The Kier molecular flexibility index (Phi) is 6.30. The molecule has 174 valence electrons. The number of hydrogen-bond acceptors (Lipinski definition) is 4. The van der Waals surface area contributed by atoms with Crippen molar-refractivity contribution in [3.8, 4) is 11.4 Å². The molecule has 0 radical (unpaired) electrons. The third-order valence-corrected chi connectivity index (χ3v) is 6.23. The fourth-order valence-electron chi connectivity index (χ4n) is 3.93. The van der Waals surface area contributed by atoms with E-state index in [1.807, 2.05) is 73.0 Å². The highest BCUT2D eigenvalue weighted by atomic mass is 35.5. The van der Waals surface area contributed by atoms with Crippen molar-refractivity contribution in [2.24, 2.45) is 0 Å². The van der Waals surface area contributed by atoms with E-state index in [4.69, 9.17) is 16.3 Å². The van der Waals surface area contributed by atoms with E-state index in [-0.39, 0.29) is 5.57 Å². The maximum Gasteiger partial charge on any atom is 0.333 e. The molecule has 2 aromatic carbocycles. The molecule has 4 rings (SSSR count). The van der Waals surface area contributed by atoms with Crippen molar-refractivity contribution in [3.63, 3.8) is 0 Å². The van der Waals surface area contributed by atoms with Crippen LogP contribution in [0.4, 0.5) is 4.79 Å². The highest BCUT2D eigenvalue weighted by molar-refractivity contribution is 6.31. The van der Waals surface area contributed by atoms with Crippen molar-refractivity contribution in [1.29, 1.82) is 0 Å². The van der Waals surface area contributed by atoms with Crippen LogP contribution in [-0.2, 0) is 16.2 Å². The first kappa shape index (κ1) is 23.3. The lowest BCUT2D eigenvalue weighted by molar-refractivity contribution is -0.134. The number of carbonyl (C=O) groups excluding carboxylic acids is 3. The molecule has 0 aliphatic carbocycles. The molecule has 2 heterocycles. The Balaban J connectivity index is 1.58. The zero-order chi connectivity index (χ0) is 24.6. The smallest absolute Gasteiger partial charge is 0.333 e. The second-order valence-corrected chi connectivity index (χ2v) is 8.51. The minimum Gasteiger partial charge on any atom is -0.489 e. The Morgan fingerprint density at radius 1 is 0.912 bits per heavy atom. The fraction of sp³-hybridized carbons (Fsp3) is 0.192. The van der Waals surface area contributed by atoms with Gasteiger partial charge in [-0.2, -0.15) is 0 Å². The number of carbonyl (C=O) groups is 3. The van der Waals surface area contributed by atoms with Gasteiger partial charge in [-0.1, -0.05) is 29.8 Å². The summed E-state index contributed by atoms with van der Waals surface area (Å²) >= 11 is 6.19. The Morgan fingerprint density at radius 2 is 1.53 bits per heavy atom. The molecule has 0 N–H and O–H groups in total. The number of ether oxygens (including phenoxy) is 1. The first-order valence-corrected chi connectivity index (χ1v) is 11.0. The monoisotopic (exact) mass is 477 g/mol. The third-order valence-electron chi connectivity index (χ3n) is 5.86. The molecule has 0 atom stereocenters. The van der Waals surface area contributed by atoms with E-state index in [9.17, 15) is 14.4 Å². The molecule has 34 heavy (non-hydrogen) atoms. The van der Waals surface area contributed by atoms with Crippen LogP contribution >= 0.6 is 11.6 Å². The lowest BCUT2D eigenvalue weighted by Gasteiger charge is -2.28. The molecule has 4 amide bonds. The molecule has 8 heteroatoms. The average molecular weight is 478 g/mol. The Labute approximate surface area is 202 Å². The van der Waals surface area contributed by atoms with Gasteiger partial charge in [0.15, 0.2) is 0 Å². The quantitative estimate of drug-likeness (QED) is 0.392. The Bertz CT molecular complexity index is 1300. The highest BCUT2D eigenvalue weighted by Crippen LogP contribution is 2.26. The van der Waals surface area contributed by atoms with E-state index < -0.39 is 17.8 Å². The van der Waals surface area contributed by atoms with Crippen LogP contribution in [0.3, 0.4) is 0 Å². The lowest BCUT2D eigenvalue weighted by atomic mass is 10.1. The van der Waals surface area contributed by atoms with E-state index in [1.165, 1.54) is 14.1 Å². The first-order chi connectivity index (χ1) is 16.2. The zero-order valence-corrected chi connectivity index (χ0v) is 20.1. The zero-order valence-electron chi connectivity index (χ0n) is 19.3. The molecule has 1 saturated heterocycles. The second kappa shape index (κ2) is 9.19. The van der Waals surface area contributed by atoms with Gasteiger partial charge in [-0.3, -0.25) is 19.4 Å². The molecule has 1 fully saturated rings. The predicted molar refractivity (Wildman–Crippen MR) is 130 cm³/mol. The summed E-state index contributed by atoms with van der Waals surface area (Å²) in [6.07, 6.45) is 1.55. The average Bonchev–Trinajstić information content (AvgIpc) is 3.11. The summed E-state index contributed by atoms with van der Waals surface area (Å²) in [5.41, 5.74) is 4.29. The van der Waals surface area contributed by atoms with Crippen molar-refractivity contribution < 1.29 is 19.1 Å². The maximum absolute atomic E-state index is 12.6. The van der Waals surface area contributed by atoms with Crippen LogP contribution in [-0.4, -0.2) is 46.3 Å². The van der Waals surface area contributed by atoms with Crippen LogP contribution in [0.2, 0.25) is 5.02 Å². The Morgan fingerprint density at radius 3 is 2.15 bits per heavy atom. The normalized spacial score (nSPS) is 14.1. The molecule has 1 aliphatic heterocycles. The molecule has 7 nitrogen and oxygen atoms in total. The number of urea groups is 1. The van der Waals surface area contributed by atoms with Crippen LogP contribution in [0.5, 0.6) is 5.75 Å². The van der Waals surface area contributed by atoms with E-state index in [0.717, 1.165) is 38.0 Å². The van der Waals surface area contributed by atoms with Crippen molar-refractivity contribution >= 4 is 35.5 Å². The van der Waals surface area contributed by atoms with Crippen LogP contribution in [0.1, 0.15) is 22.5 Å². The number of imide groups is 2. The number of halogens is 1. The van der Waals surface area contributed by atoms with Crippen LogP contribution < -0.4 is 4.74 Å². The van der Waals surface area contributed by atoms with Crippen LogP contribution in [0.25, 0.3) is 11.8 Å². The van der Waals surface area contributed by atoms with Gasteiger partial charge in [0.2, 0.25) is 0 Å². The number of amides is 4. The number of rotatable bonds is 5. The van der Waals surface area contributed by atoms with E-state index in [2.05, 4.69) is 0 Å². The van der Waals surface area contributed by atoms with Crippen LogP contribution in [0, 0.1) is 13.8 Å². The summed E-state index contributed by atoms with van der Waals surface area (Å²) in [5, 5.41) is 0.663. The number of aromatic nitrogens is 1. The van der Waals surface area contributed by atoms with E-state index in [0.29, 0.717) is 17.4 Å². The third kappa shape index (κ3) is 4.22. The maximum atomic E-state index is 12.6. The van der Waals surface area contributed by atoms with Crippen molar-refractivity contribution in [2.75, 3.05) is 14.1 Å². The van der Waals surface area contributed by atoms with Crippen molar-refractivity contribution in [3.05, 3.63) is 87.7 Å². The molecular weight excluding hydrogens is 454 g/mol. The number of nitrogens with zero attached hydrogens (tertiary/aromatic N) is 3. The summed E-state index contributed by atoms with van der Waals surface area (Å²) < 4.78 is 7.90. The van der Waals surface area contributed by atoms with Gasteiger partial charge in [-0.05, 0) is 61.9 Å². The summed E-state index contributed by atoms with van der Waals surface area (Å²) in [6.45, 7) is 4.23. The summed E-state index contributed by atoms with van der Waals surface area (Å²) in [7, 11) is 2.72. The Hall–Kier alpha value is -3.84. The van der Waals surface area contributed by atoms with Crippen molar-refractivity contribution in [1.82, 2.24) is 14.4 Å². The highest BCUT2D eigenvalue weighted by Gasteiger charge is 2.38. The first-order valence-electron chi connectivity index (χ1n) is 10.7. The summed E-state index contributed by atoms with van der Waals surface area (Å²) in [6, 6.07) is 16.5. The van der Waals surface area contributed by atoms with Gasteiger partial charge in [0, 0.05) is 41.8 Å². The molecular formula is C26H24ClN3O4. The number of aryl methyl sites for hydroxylation is 1. The SMILES string of the molecule is Cc1cc(C=C2C(=O)N(C)C(=O)N(C)C2=O)c(C)n1-c1ccc(OCc2ccccc2Cl)cc1. The molecule has 1 aromatic heterocycles. The van der Waals surface area contributed by atoms with Gasteiger partial charge in [0.05, 0.1) is 0 Å². The summed E-state index contributed by atoms with van der Waals surface area (Å²) in [5.74, 6) is -0.515. The number of likely N-dealkylation sites (N-methyl/N-ethyl adjacent to an activating group) is 2. The van der Waals surface area contributed by atoms with E-state index >= 15 is 0 Å². The topological polar surface area (TPSA) is 71.9 Å². The molecule has 0 unspecified atom stereocenters. The standard InChI is InChI=1S/C26H24ClN3O4/c1-16-13-19(14-22-24(31)28(3)26(33)29(4)25(22)32)17(2)30(16)20-9-11-21(12-10-20)34-15-18-7-5-6-8-23(18)27/h5-14H,15H2,1-4H3. The van der Waals surface area contributed by atoms with Gasteiger partial charge in [-0.15, -0.1) is 0 Å². The molecule has 0 bridgehead atoms. The molecule has 0 spiro atoms. The minimum absolute atomic E-state index is 0.0480. The van der Waals surface area contributed by atoms with Gasteiger partial charge >= 0.3 is 6.03 Å². The van der Waals surface area contributed by atoms with Gasteiger partial charge < -0.3 is 9.30 Å². The van der Waals surface area contributed by atoms with Gasteiger partial charge in [-0.25, -0.2) is 4.79 Å². The largest absolute Gasteiger partial charge is 0.489 e. The second-order valence-electron chi connectivity index (χ2n) is 8.10. The lowest BCUT2D eigenvalue weighted by Crippen LogP contribution is -2.52. The van der Waals surface area contributed by atoms with Crippen LogP contribution in [0.15, 0.2) is 60.2 Å². The van der Waals surface area contributed by atoms with Crippen molar-refractivity contribution in [2.45, 2.75) is 20.5 Å². The van der Waals surface area contributed by atoms with Gasteiger partial charge in [0.25, 0.3) is 11.8 Å². The molecule has 3 aromatic rings. The number of hydrogen-bond donors (Lipinski definition) is 0. The molecule has 0 saturated carbocycles. The minimum atomic E-state index is -0.644.